The summed E-state index contributed by atoms with van der Waals surface area (Å²) in [7, 11) is 0. The quantitative estimate of drug-likeness (QED) is 0.846. The molecule has 0 spiro atoms. The van der Waals surface area contributed by atoms with Gasteiger partial charge in [0.05, 0.1) is 0 Å². The largest absolute Gasteiger partial charge is 0.398 e. The molecule has 0 saturated carbocycles. The van der Waals surface area contributed by atoms with Crippen LogP contribution >= 0.6 is 0 Å². The molecule has 2 nitrogen and oxygen atoms in total. The van der Waals surface area contributed by atoms with Crippen molar-refractivity contribution in [2.24, 2.45) is 0 Å². The zero-order chi connectivity index (χ0) is 13.1. The van der Waals surface area contributed by atoms with E-state index in [0.29, 0.717) is 0 Å². The van der Waals surface area contributed by atoms with E-state index in [0.717, 1.165) is 31.6 Å². The summed E-state index contributed by atoms with van der Waals surface area (Å²) < 4.78 is 0. The van der Waals surface area contributed by atoms with Crippen molar-refractivity contribution in [1.82, 2.24) is 0 Å². The number of nitrogen functional groups attached to an aromatic ring is 1. The molecule has 0 saturated heterocycles. The van der Waals surface area contributed by atoms with Gasteiger partial charge < -0.3 is 10.6 Å². The summed E-state index contributed by atoms with van der Waals surface area (Å²) in [5.41, 5.74) is 11.1. The predicted octanol–water partition coefficient (Wildman–Crippen LogP) is 3.26. The normalized spacial score (nSPS) is 13.6. The van der Waals surface area contributed by atoms with Crippen LogP contribution in [0.3, 0.4) is 0 Å². The molecule has 0 atom stereocenters. The summed E-state index contributed by atoms with van der Waals surface area (Å²) in [6.07, 6.45) is 3.43. The van der Waals surface area contributed by atoms with E-state index in [-0.39, 0.29) is 0 Å². The molecule has 2 aromatic carbocycles. The van der Waals surface area contributed by atoms with Crippen LogP contribution in [-0.2, 0) is 12.8 Å². The van der Waals surface area contributed by atoms with Crippen molar-refractivity contribution >= 4 is 11.4 Å². The van der Waals surface area contributed by atoms with Gasteiger partial charge in [-0.15, -0.1) is 0 Å². The lowest BCUT2D eigenvalue weighted by molar-refractivity contribution is 0.751. The number of hydrogen-bond donors (Lipinski definition) is 1. The third-order valence-corrected chi connectivity index (χ3v) is 3.90. The molecule has 19 heavy (non-hydrogen) atoms. The van der Waals surface area contributed by atoms with Crippen LogP contribution in [-0.4, -0.2) is 13.1 Å². The minimum Gasteiger partial charge on any atom is -0.398 e. The average molecular weight is 252 g/mol. The van der Waals surface area contributed by atoms with Gasteiger partial charge in [-0.3, -0.25) is 0 Å². The van der Waals surface area contributed by atoms with E-state index in [1.165, 1.54) is 23.2 Å². The molecule has 98 valence electrons. The van der Waals surface area contributed by atoms with Crippen LogP contribution in [0.2, 0.25) is 0 Å². The number of anilines is 2. The van der Waals surface area contributed by atoms with E-state index in [1.54, 1.807) is 0 Å². The van der Waals surface area contributed by atoms with Gasteiger partial charge in [-0.25, -0.2) is 0 Å². The van der Waals surface area contributed by atoms with Crippen molar-refractivity contribution in [3.05, 3.63) is 59.7 Å². The molecule has 0 aliphatic carbocycles. The molecule has 2 N–H and O–H groups in total. The van der Waals surface area contributed by atoms with Crippen LogP contribution in [0.25, 0.3) is 0 Å². The Kier molecular flexibility index (Phi) is 3.41. The Hall–Kier alpha value is -1.96. The lowest BCUT2D eigenvalue weighted by Gasteiger charge is -2.19. The summed E-state index contributed by atoms with van der Waals surface area (Å²) in [5.74, 6) is 0. The number of fused-ring (bicyclic) bond motifs is 1. The highest BCUT2D eigenvalue weighted by molar-refractivity contribution is 5.68. The van der Waals surface area contributed by atoms with Crippen molar-refractivity contribution in [3.63, 3.8) is 0 Å². The Morgan fingerprint density at radius 1 is 1.00 bits per heavy atom. The maximum absolute atomic E-state index is 6.03. The lowest BCUT2D eigenvalue weighted by atomic mass is 10.1. The Morgan fingerprint density at radius 3 is 2.68 bits per heavy atom. The van der Waals surface area contributed by atoms with Crippen LogP contribution in [0, 0.1) is 0 Å². The maximum atomic E-state index is 6.03. The van der Waals surface area contributed by atoms with Crippen molar-refractivity contribution in [2.45, 2.75) is 19.3 Å². The summed E-state index contributed by atoms with van der Waals surface area (Å²) in [6, 6.07) is 17.0. The van der Waals surface area contributed by atoms with Gasteiger partial charge in [-0.05, 0) is 37.0 Å². The number of benzene rings is 2. The summed E-state index contributed by atoms with van der Waals surface area (Å²) in [5, 5.41) is 0. The van der Waals surface area contributed by atoms with Gasteiger partial charge in [0.15, 0.2) is 0 Å². The zero-order valence-corrected chi connectivity index (χ0v) is 11.2. The van der Waals surface area contributed by atoms with Crippen LogP contribution in [0.4, 0.5) is 11.4 Å². The number of nitrogens with zero attached hydrogens (tertiary/aromatic N) is 1. The van der Waals surface area contributed by atoms with Gasteiger partial charge in [0.25, 0.3) is 0 Å². The molecule has 1 heterocycles. The van der Waals surface area contributed by atoms with Crippen molar-refractivity contribution < 1.29 is 0 Å². The molecule has 0 fully saturated rings. The molecule has 0 unspecified atom stereocenters. The third kappa shape index (κ3) is 2.58. The van der Waals surface area contributed by atoms with Gasteiger partial charge in [-0.2, -0.15) is 0 Å². The Labute approximate surface area is 114 Å². The SMILES string of the molecule is Nc1cccc2c1CCN2CCCc1ccccc1. The Bertz CT molecular complexity index is 548. The minimum atomic E-state index is 0.947. The van der Waals surface area contributed by atoms with Crippen molar-refractivity contribution in [1.29, 1.82) is 0 Å². The predicted molar refractivity (Wildman–Crippen MR) is 81.5 cm³/mol. The first kappa shape index (κ1) is 12.1. The average Bonchev–Trinajstić information content (AvgIpc) is 2.85. The van der Waals surface area contributed by atoms with Gasteiger partial charge >= 0.3 is 0 Å². The number of aryl methyl sites for hydroxylation is 1. The standard InChI is InChI=1S/C17H20N2/c18-16-9-4-10-17-15(16)11-13-19(17)12-5-8-14-6-2-1-3-7-14/h1-4,6-7,9-10H,5,8,11-13,18H2. The first-order chi connectivity index (χ1) is 9.34. The fourth-order valence-corrected chi connectivity index (χ4v) is 2.88. The topological polar surface area (TPSA) is 29.3 Å². The van der Waals surface area contributed by atoms with E-state index in [4.69, 9.17) is 5.73 Å². The highest BCUT2D eigenvalue weighted by Crippen LogP contribution is 2.32. The molecule has 0 radical (unpaired) electrons. The van der Waals surface area contributed by atoms with Crippen molar-refractivity contribution in [2.75, 3.05) is 23.7 Å². The lowest BCUT2D eigenvalue weighted by Crippen LogP contribution is -2.22. The third-order valence-electron chi connectivity index (χ3n) is 3.90. The van der Waals surface area contributed by atoms with Gasteiger partial charge in [-0.1, -0.05) is 36.4 Å². The van der Waals surface area contributed by atoms with Crippen molar-refractivity contribution in [3.8, 4) is 0 Å². The smallest absolute Gasteiger partial charge is 0.0420 e. The number of nitrogens with two attached hydrogens (primary N) is 1. The highest BCUT2D eigenvalue weighted by atomic mass is 15.1. The van der Waals surface area contributed by atoms with Crippen LogP contribution in [0.15, 0.2) is 48.5 Å². The summed E-state index contributed by atoms with van der Waals surface area (Å²) in [6.45, 7) is 2.23. The van der Waals surface area contributed by atoms with Gasteiger partial charge in [0.2, 0.25) is 0 Å². The molecule has 1 aliphatic rings. The number of hydrogen-bond acceptors (Lipinski definition) is 2. The number of rotatable bonds is 4. The molecule has 3 rings (SSSR count). The zero-order valence-electron chi connectivity index (χ0n) is 11.2. The van der Waals surface area contributed by atoms with Gasteiger partial charge in [0, 0.05) is 30.0 Å². The van der Waals surface area contributed by atoms with E-state index in [1.807, 2.05) is 6.07 Å². The molecular weight excluding hydrogens is 232 g/mol. The van der Waals surface area contributed by atoms with E-state index in [9.17, 15) is 0 Å². The second-order valence-electron chi connectivity index (χ2n) is 5.17. The molecule has 2 aromatic rings. The maximum Gasteiger partial charge on any atom is 0.0420 e. The second-order valence-corrected chi connectivity index (χ2v) is 5.17. The first-order valence-electron chi connectivity index (χ1n) is 7.01. The molecule has 2 heteroatoms. The Morgan fingerprint density at radius 2 is 1.84 bits per heavy atom. The summed E-state index contributed by atoms with van der Waals surface area (Å²) >= 11 is 0. The fourth-order valence-electron chi connectivity index (χ4n) is 2.88. The monoisotopic (exact) mass is 252 g/mol. The second kappa shape index (κ2) is 5.35. The first-order valence-corrected chi connectivity index (χ1v) is 7.01. The van der Waals surface area contributed by atoms with Crippen LogP contribution in [0.1, 0.15) is 17.5 Å². The molecule has 0 amide bonds. The molecule has 0 bridgehead atoms. The summed E-state index contributed by atoms with van der Waals surface area (Å²) in [4.78, 5) is 2.47. The molecule has 1 aliphatic heterocycles. The molecular formula is C17H20N2. The molecule has 0 aromatic heterocycles. The van der Waals surface area contributed by atoms with Gasteiger partial charge in [0.1, 0.15) is 0 Å². The van der Waals surface area contributed by atoms with E-state index in [2.05, 4.69) is 47.4 Å². The van der Waals surface area contributed by atoms with E-state index < -0.39 is 0 Å². The minimum absolute atomic E-state index is 0.947. The highest BCUT2D eigenvalue weighted by Gasteiger charge is 2.19. The fraction of sp³-hybridized carbons (Fsp3) is 0.294. The van der Waals surface area contributed by atoms with E-state index >= 15 is 0 Å². The van der Waals surface area contributed by atoms with Crippen LogP contribution in [0.5, 0.6) is 0 Å². The van der Waals surface area contributed by atoms with Crippen LogP contribution < -0.4 is 10.6 Å². The Balaban J connectivity index is 1.60.